The number of halogens is 1. The van der Waals surface area contributed by atoms with Gasteiger partial charge in [0.25, 0.3) is 5.89 Å². The summed E-state index contributed by atoms with van der Waals surface area (Å²) in [6, 6.07) is 14.7. The van der Waals surface area contributed by atoms with Crippen LogP contribution in [0.1, 0.15) is 5.56 Å². The highest BCUT2D eigenvalue weighted by Gasteiger charge is 2.10. The average molecular weight is 265 g/mol. The normalized spacial score (nSPS) is 10.2. The third-order valence-corrected chi connectivity index (χ3v) is 2.79. The van der Waals surface area contributed by atoms with Gasteiger partial charge in [-0.25, -0.2) is 4.39 Å². The van der Waals surface area contributed by atoms with Gasteiger partial charge in [0, 0.05) is 11.1 Å². The quantitative estimate of drug-likeness (QED) is 0.712. The maximum absolute atomic E-state index is 12.9. The molecule has 0 bridgehead atoms. The van der Waals surface area contributed by atoms with Crippen LogP contribution in [-0.2, 0) is 0 Å². The zero-order chi connectivity index (χ0) is 13.9. The van der Waals surface area contributed by atoms with Crippen molar-refractivity contribution >= 4 is 0 Å². The van der Waals surface area contributed by atoms with E-state index in [-0.39, 0.29) is 5.82 Å². The predicted octanol–water partition coefficient (Wildman–Crippen LogP) is 3.41. The molecule has 0 unspecified atom stereocenters. The minimum absolute atomic E-state index is 0.315. The Bertz CT molecular complexity index is 770. The fraction of sp³-hybridized carbons (Fsp3) is 0. The highest BCUT2D eigenvalue weighted by Crippen LogP contribution is 2.22. The van der Waals surface area contributed by atoms with Crippen LogP contribution in [0.5, 0.6) is 0 Å². The second-order valence-electron chi connectivity index (χ2n) is 4.12. The number of hydrogen-bond donors (Lipinski definition) is 0. The van der Waals surface area contributed by atoms with E-state index in [0.717, 1.165) is 5.56 Å². The molecule has 0 fully saturated rings. The molecule has 5 heteroatoms. The van der Waals surface area contributed by atoms with Crippen LogP contribution in [0.2, 0.25) is 0 Å². The Morgan fingerprint density at radius 1 is 0.950 bits per heavy atom. The number of nitriles is 1. The molecule has 0 saturated heterocycles. The predicted molar refractivity (Wildman–Crippen MR) is 69.8 cm³/mol. The summed E-state index contributed by atoms with van der Waals surface area (Å²) >= 11 is 0. The summed E-state index contributed by atoms with van der Waals surface area (Å²) in [7, 11) is 0. The van der Waals surface area contributed by atoms with Crippen molar-refractivity contribution in [3.8, 4) is 28.9 Å². The molecule has 3 aromatic rings. The van der Waals surface area contributed by atoms with Gasteiger partial charge in [0.15, 0.2) is 0 Å². The van der Waals surface area contributed by atoms with E-state index in [2.05, 4.69) is 10.1 Å². The van der Waals surface area contributed by atoms with Crippen LogP contribution in [0.3, 0.4) is 0 Å². The number of nitrogens with zero attached hydrogens (tertiary/aromatic N) is 3. The summed E-state index contributed by atoms with van der Waals surface area (Å²) in [6.07, 6.45) is 0. The summed E-state index contributed by atoms with van der Waals surface area (Å²) < 4.78 is 18.0. The summed E-state index contributed by atoms with van der Waals surface area (Å²) in [4.78, 5) is 4.25. The fourth-order valence-electron chi connectivity index (χ4n) is 1.74. The van der Waals surface area contributed by atoms with E-state index in [4.69, 9.17) is 9.78 Å². The lowest BCUT2D eigenvalue weighted by atomic mass is 10.1. The monoisotopic (exact) mass is 265 g/mol. The molecule has 4 nitrogen and oxygen atoms in total. The number of rotatable bonds is 2. The summed E-state index contributed by atoms with van der Waals surface area (Å²) in [5.41, 5.74) is 1.96. The zero-order valence-corrected chi connectivity index (χ0v) is 10.2. The smallest absolute Gasteiger partial charge is 0.258 e. The van der Waals surface area contributed by atoms with Gasteiger partial charge >= 0.3 is 0 Å². The van der Waals surface area contributed by atoms with Gasteiger partial charge in [-0.05, 0) is 48.5 Å². The molecule has 1 aromatic heterocycles. The first-order valence-electron chi connectivity index (χ1n) is 5.86. The van der Waals surface area contributed by atoms with E-state index >= 15 is 0 Å². The van der Waals surface area contributed by atoms with Crippen LogP contribution < -0.4 is 0 Å². The maximum Gasteiger partial charge on any atom is 0.258 e. The van der Waals surface area contributed by atoms with E-state index in [1.54, 1.807) is 36.4 Å². The first-order valence-corrected chi connectivity index (χ1v) is 5.86. The molecule has 0 atom stereocenters. The number of benzene rings is 2. The Morgan fingerprint density at radius 3 is 2.25 bits per heavy atom. The van der Waals surface area contributed by atoms with E-state index in [1.807, 2.05) is 6.07 Å². The molecule has 0 amide bonds. The molecule has 0 aliphatic rings. The topological polar surface area (TPSA) is 62.7 Å². The van der Waals surface area contributed by atoms with Gasteiger partial charge in [-0.2, -0.15) is 10.2 Å². The lowest BCUT2D eigenvalue weighted by molar-refractivity contribution is 0.432. The molecule has 0 aliphatic heterocycles. The fourth-order valence-corrected chi connectivity index (χ4v) is 1.74. The largest absolute Gasteiger partial charge is 0.334 e. The summed E-state index contributed by atoms with van der Waals surface area (Å²) in [5, 5.41) is 12.6. The Hall–Kier alpha value is -3.00. The van der Waals surface area contributed by atoms with Crippen LogP contribution in [0.4, 0.5) is 4.39 Å². The van der Waals surface area contributed by atoms with E-state index in [9.17, 15) is 4.39 Å². The highest BCUT2D eigenvalue weighted by molar-refractivity contribution is 5.60. The van der Waals surface area contributed by atoms with E-state index in [0.29, 0.717) is 22.8 Å². The number of hydrogen-bond acceptors (Lipinski definition) is 4. The van der Waals surface area contributed by atoms with Crippen molar-refractivity contribution < 1.29 is 8.91 Å². The lowest BCUT2D eigenvalue weighted by Crippen LogP contribution is -1.82. The standard InChI is InChI=1S/C15H8FN3O/c16-13-7-5-11(6-8-13)14-18-15(20-19-14)12-3-1-10(9-17)2-4-12/h1-8H. The molecule has 0 aliphatic carbocycles. The molecule has 2 aromatic carbocycles. The SMILES string of the molecule is N#Cc1ccc(-c2nc(-c3ccc(F)cc3)no2)cc1. The molecule has 3 rings (SSSR count). The third kappa shape index (κ3) is 2.27. The van der Waals surface area contributed by atoms with Crippen molar-refractivity contribution in [1.82, 2.24) is 10.1 Å². The van der Waals surface area contributed by atoms with Crippen molar-refractivity contribution in [2.75, 3.05) is 0 Å². The maximum atomic E-state index is 12.9. The van der Waals surface area contributed by atoms with Gasteiger partial charge in [0.1, 0.15) is 5.82 Å². The van der Waals surface area contributed by atoms with Crippen molar-refractivity contribution in [2.45, 2.75) is 0 Å². The lowest BCUT2D eigenvalue weighted by Gasteiger charge is -1.94. The van der Waals surface area contributed by atoms with Crippen LogP contribution in [0, 0.1) is 17.1 Å². The Balaban J connectivity index is 1.93. The van der Waals surface area contributed by atoms with Crippen molar-refractivity contribution in [1.29, 1.82) is 5.26 Å². The number of aromatic nitrogens is 2. The van der Waals surface area contributed by atoms with Crippen molar-refractivity contribution in [2.24, 2.45) is 0 Å². The molecular weight excluding hydrogens is 257 g/mol. The van der Waals surface area contributed by atoms with Crippen molar-refractivity contribution in [3.05, 3.63) is 59.9 Å². The highest BCUT2D eigenvalue weighted by atomic mass is 19.1. The molecule has 0 radical (unpaired) electrons. The summed E-state index contributed by atoms with van der Waals surface area (Å²) in [5.74, 6) is 0.433. The van der Waals surface area contributed by atoms with Gasteiger partial charge < -0.3 is 4.52 Å². The molecular formula is C15H8FN3O. The van der Waals surface area contributed by atoms with E-state index < -0.39 is 0 Å². The molecule has 0 saturated carbocycles. The Morgan fingerprint density at radius 2 is 1.60 bits per heavy atom. The molecule has 20 heavy (non-hydrogen) atoms. The minimum atomic E-state index is -0.315. The molecule has 1 heterocycles. The van der Waals surface area contributed by atoms with Gasteiger partial charge in [-0.1, -0.05) is 5.16 Å². The molecule has 0 spiro atoms. The van der Waals surface area contributed by atoms with Gasteiger partial charge in [-0.15, -0.1) is 0 Å². The van der Waals surface area contributed by atoms with Gasteiger partial charge in [0.05, 0.1) is 11.6 Å². The molecule has 0 N–H and O–H groups in total. The van der Waals surface area contributed by atoms with Crippen molar-refractivity contribution in [3.63, 3.8) is 0 Å². The van der Waals surface area contributed by atoms with Crippen LogP contribution >= 0.6 is 0 Å². The van der Waals surface area contributed by atoms with Crippen LogP contribution in [0.15, 0.2) is 53.1 Å². The van der Waals surface area contributed by atoms with Crippen LogP contribution in [0.25, 0.3) is 22.8 Å². The summed E-state index contributed by atoms with van der Waals surface area (Å²) in [6.45, 7) is 0. The van der Waals surface area contributed by atoms with Gasteiger partial charge in [-0.3, -0.25) is 0 Å². The average Bonchev–Trinajstić information content (AvgIpc) is 2.98. The second-order valence-corrected chi connectivity index (χ2v) is 4.12. The van der Waals surface area contributed by atoms with E-state index in [1.165, 1.54) is 12.1 Å². The third-order valence-electron chi connectivity index (χ3n) is 2.79. The van der Waals surface area contributed by atoms with Gasteiger partial charge in [0.2, 0.25) is 5.82 Å². The van der Waals surface area contributed by atoms with Crippen LogP contribution in [-0.4, -0.2) is 10.1 Å². The second kappa shape index (κ2) is 4.94. The minimum Gasteiger partial charge on any atom is -0.334 e. The first-order chi connectivity index (χ1) is 9.76. The first kappa shape index (κ1) is 12.1. The Labute approximate surface area is 114 Å². The Kier molecular flexibility index (Phi) is 2.98. The zero-order valence-electron chi connectivity index (χ0n) is 10.2. The molecule has 96 valence electrons.